The number of para-hydroxylation sites is 1. The first-order chi connectivity index (χ1) is 11.1. The molecule has 1 aromatic carbocycles. The summed E-state index contributed by atoms with van der Waals surface area (Å²) in [5.41, 5.74) is 4.14. The molecule has 0 radical (unpaired) electrons. The smallest absolute Gasteiger partial charge is 0.274 e. The second-order valence-corrected chi connectivity index (χ2v) is 6.38. The van der Waals surface area contributed by atoms with Crippen molar-refractivity contribution in [1.29, 1.82) is 0 Å². The molecule has 0 aliphatic rings. The Kier molecular flexibility index (Phi) is 4.48. The first-order valence-electron chi connectivity index (χ1n) is 7.63. The van der Waals surface area contributed by atoms with Gasteiger partial charge in [0.25, 0.3) is 5.91 Å². The average Bonchev–Trinajstić information content (AvgIpc) is 2.87. The van der Waals surface area contributed by atoms with Crippen LogP contribution in [0.25, 0.3) is 5.65 Å². The SMILES string of the molecule is CCCc1nc2cc(C)ccn2c1C(=O)Nc1ccccc1Br. The molecule has 4 nitrogen and oxygen atoms in total. The minimum Gasteiger partial charge on any atom is -0.320 e. The highest BCUT2D eigenvalue weighted by Crippen LogP contribution is 2.23. The molecule has 23 heavy (non-hydrogen) atoms. The normalized spacial score (nSPS) is 10.9. The quantitative estimate of drug-likeness (QED) is 0.727. The number of nitrogens with one attached hydrogen (secondary N) is 1. The van der Waals surface area contributed by atoms with Crippen molar-refractivity contribution in [3.05, 3.63) is 64.0 Å². The van der Waals surface area contributed by atoms with Crippen LogP contribution in [0.15, 0.2) is 47.1 Å². The van der Waals surface area contributed by atoms with Gasteiger partial charge in [0.2, 0.25) is 0 Å². The number of pyridine rings is 1. The van der Waals surface area contributed by atoms with Crippen LogP contribution in [0.3, 0.4) is 0 Å². The van der Waals surface area contributed by atoms with Crippen molar-refractivity contribution < 1.29 is 4.79 Å². The fourth-order valence-electron chi connectivity index (χ4n) is 2.59. The van der Waals surface area contributed by atoms with Gasteiger partial charge in [0, 0.05) is 10.7 Å². The molecule has 1 N–H and O–H groups in total. The lowest BCUT2D eigenvalue weighted by molar-refractivity contribution is 0.102. The number of imidazole rings is 1. The van der Waals surface area contributed by atoms with Gasteiger partial charge >= 0.3 is 0 Å². The Labute approximate surface area is 143 Å². The van der Waals surface area contributed by atoms with Gasteiger partial charge in [0.1, 0.15) is 11.3 Å². The molecular weight excluding hydrogens is 354 g/mol. The number of anilines is 1. The van der Waals surface area contributed by atoms with Crippen LogP contribution in [0.4, 0.5) is 5.69 Å². The van der Waals surface area contributed by atoms with Crippen LogP contribution in [-0.4, -0.2) is 15.3 Å². The Bertz CT molecular complexity index is 870. The molecule has 2 aromatic heterocycles. The second kappa shape index (κ2) is 6.54. The maximum absolute atomic E-state index is 12.8. The predicted molar refractivity (Wildman–Crippen MR) is 96.0 cm³/mol. The summed E-state index contributed by atoms with van der Waals surface area (Å²) < 4.78 is 2.72. The number of carbonyl (C=O) groups is 1. The van der Waals surface area contributed by atoms with Crippen LogP contribution in [0, 0.1) is 6.92 Å². The minimum atomic E-state index is -0.142. The first kappa shape index (κ1) is 15.7. The first-order valence-corrected chi connectivity index (χ1v) is 8.43. The van der Waals surface area contributed by atoms with Crippen molar-refractivity contribution >= 4 is 33.2 Å². The van der Waals surface area contributed by atoms with Crippen molar-refractivity contribution in [1.82, 2.24) is 9.38 Å². The van der Waals surface area contributed by atoms with Crippen molar-refractivity contribution in [3.8, 4) is 0 Å². The number of rotatable bonds is 4. The van der Waals surface area contributed by atoms with Gasteiger partial charge in [-0.05, 0) is 59.1 Å². The summed E-state index contributed by atoms with van der Waals surface area (Å²) in [6, 6.07) is 11.6. The molecule has 3 aromatic rings. The van der Waals surface area contributed by atoms with Gasteiger partial charge in [-0.25, -0.2) is 4.98 Å². The molecule has 0 aliphatic carbocycles. The van der Waals surface area contributed by atoms with E-state index in [2.05, 4.69) is 33.2 Å². The maximum Gasteiger partial charge on any atom is 0.274 e. The monoisotopic (exact) mass is 371 g/mol. The van der Waals surface area contributed by atoms with E-state index >= 15 is 0 Å². The molecule has 0 atom stereocenters. The third kappa shape index (κ3) is 3.15. The zero-order chi connectivity index (χ0) is 16.4. The number of amides is 1. The predicted octanol–water partition coefficient (Wildman–Crippen LogP) is 4.61. The summed E-state index contributed by atoms with van der Waals surface area (Å²) in [6.45, 7) is 4.11. The van der Waals surface area contributed by atoms with E-state index in [0.29, 0.717) is 5.69 Å². The molecule has 0 saturated heterocycles. The Morgan fingerprint density at radius 3 is 2.83 bits per heavy atom. The van der Waals surface area contributed by atoms with E-state index < -0.39 is 0 Å². The number of aryl methyl sites for hydroxylation is 2. The molecule has 2 heterocycles. The standard InChI is InChI=1S/C18H18BrN3O/c1-3-6-15-17(22-10-9-12(2)11-16(22)20-15)18(23)21-14-8-5-4-7-13(14)19/h4-5,7-11H,3,6H2,1-2H3,(H,21,23). The van der Waals surface area contributed by atoms with E-state index in [-0.39, 0.29) is 5.91 Å². The molecule has 0 spiro atoms. The molecule has 5 heteroatoms. The van der Waals surface area contributed by atoms with E-state index in [4.69, 9.17) is 0 Å². The molecule has 0 saturated carbocycles. The third-order valence-electron chi connectivity index (χ3n) is 3.68. The molecule has 3 rings (SSSR count). The highest BCUT2D eigenvalue weighted by atomic mass is 79.9. The highest BCUT2D eigenvalue weighted by Gasteiger charge is 2.19. The van der Waals surface area contributed by atoms with Gasteiger partial charge in [-0.15, -0.1) is 0 Å². The molecule has 0 bridgehead atoms. The van der Waals surface area contributed by atoms with E-state index in [9.17, 15) is 4.79 Å². The largest absolute Gasteiger partial charge is 0.320 e. The summed E-state index contributed by atoms with van der Waals surface area (Å²) in [6.07, 6.45) is 3.63. The Morgan fingerprint density at radius 1 is 1.30 bits per heavy atom. The van der Waals surface area contributed by atoms with Crippen molar-refractivity contribution in [2.24, 2.45) is 0 Å². The highest BCUT2D eigenvalue weighted by molar-refractivity contribution is 9.10. The number of hydrogen-bond acceptors (Lipinski definition) is 2. The van der Waals surface area contributed by atoms with Gasteiger partial charge < -0.3 is 5.32 Å². The lowest BCUT2D eigenvalue weighted by Gasteiger charge is -2.08. The van der Waals surface area contributed by atoms with Crippen LogP contribution >= 0.6 is 15.9 Å². The molecule has 0 unspecified atom stereocenters. The number of halogens is 1. The Morgan fingerprint density at radius 2 is 2.09 bits per heavy atom. The number of carbonyl (C=O) groups excluding carboxylic acids is 1. The van der Waals surface area contributed by atoms with E-state index in [0.717, 1.165) is 39.9 Å². The van der Waals surface area contributed by atoms with E-state index in [1.54, 1.807) is 0 Å². The van der Waals surface area contributed by atoms with Crippen molar-refractivity contribution in [2.45, 2.75) is 26.7 Å². The zero-order valence-corrected chi connectivity index (χ0v) is 14.7. The summed E-state index contributed by atoms with van der Waals surface area (Å²) in [7, 11) is 0. The molecule has 0 aliphatic heterocycles. The number of fused-ring (bicyclic) bond motifs is 1. The maximum atomic E-state index is 12.8. The number of aromatic nitrogens is 2. The second-order valence-electron chi connectivity index (χ2n) is 5.52. The fourth-order valence-corrected chi connectivity index (χ4v) is 2.97. The lowest BCUT2D eigenvalue weighted by Crippen LogP contribution is -2.16. The van der Waals surface area contributed by atoms with Gasteiger partial charge in [0.15, 0.2) is 0 Å². The van der Waals surface area contributed by atoms with Gasteiger partial charge in [-0.1, -0.05) is 25.5 Å². The summed E-state index contributed by atoms with van der Waals surface area (Å²) in [4.78, 5) is 17.5. The number of benzene rings is 1. The summed E-state index contributed by atoms with van der Waals surface area (Å²) in [5.74, 6) is -0.142. The average molecular weight is 372 g/mol. The Hall–Kier alpha value is -2.14. The zero-order valence-electron chi connectivity index (χ0n) is 13.1. The Balaban J connectivity index is 2.05. The van der Waals surface area contributed by atoms with Gasteiger partial charge in [0.05, 0.1) is 11.4 Å². The van der Waals surface area contributed by atoms with Gasteiger partial charge in [-0.3, -0.25) is 9.20 Å². The topological polar surface area (TPSA) is 46.4 Å². The molecule has 0 fully saturated rings. The van der Waals surface area contributed by atoms with E-state index in [1.165, 1.54) is 0 Å². The molecule has 1 amide bonds. The molecule has 118 valence electrons. The van der Waals surface area contributed by atoms with E-state index in [1.807, 2.05) is 53.9 Å². The van der Waals surface area contributed by atoms with Crippen LogP contribution in [-0.2, 0) is 6.42 Å². The van der Waals surface area contributed by atoms with Gasteiger partial charge in [-0.2, -0.15) is 0 Å². The van der Waals surface area contributed by atoms with Crippen LogP contribution in [0.2, 0.25) is 0 Å². The molecular formula is C18H18BrN3O. The third-order valence-corrected chi connectivity index (χ3v) is 4.37. The fraction of sp³-hybridized carbons (Fsp3) is 0.222. The van der Waals surface area contributed by atoms with Crippen LogP contribution in [0.5, 0.6) is 0 Å². The number of hydrogen-bond donors (Lipinski definition) is 1. The summed E-state index contributed by atoms with van der Waals surface area (Å²) >= 11 is 3.46. The minimum absolute atomic E-state index is 0.142. The van der Waals surface area contributed by atoms with Crippen molar-refractivity contribution in [3.63, 3.8) is 0 Å². The lowest BCUT2D eigenvalue weighted by atomic mass is 10.2. The van der Waals surface area contributed by atoms with Crippen LogP contribution < -0.4 is 5.32 Å². The summed E-state index contributed by atoms with van der Waals surface area (Å²) in [5, 5.41) is 2.97. The van der Waals surface area contributed by atoms with Crippen LogP contribution in [0.1, 0.15) is 35.1 Å². The number of nitrogens with zero attached hydrogens (tertiary/aromatic N) is 2. The van der Waals surface area contributed by atoms with Crippen molar-refractivity contribution in [2.75, 3.05) is 5.32 Å².